The summed E-state index contributed by atoms with van der Waals surface area (Å²) in [6.07, 6.45) is 2.59. The third-order valence-corrected chi connectivity index (χ3v) is 2.86. The van der Waals surface area contributed by atoms with E-state index < -0.39 is 5.97 Å². The van der Waals surface area contributed by atoms with Gasteiger partial charge in [0.25, 0.3) is 0 Å². The van der Waals surface area contributed by atoms with Crippen LogP contribution in [0.1, 0.15) is 26.2 Å². The molecule has 1 heterocycles. The Hall–Kier alpha value is -0.610. The van der Waals surface area contributed by atoms with Crippen molar-refractivity contribution in [1.82, 2.24) is 4.90 Å². The first-order valence-corrected chi connectivity index (χ1v) is 5.74. The summed E-state index contributed by atoms with van der Waals surface area (Å²) >= 11 is 0. The maximum absolute atomic E-state index is 10.5. The summed E-state index contributed by atoms with van der Waals surface area (Å²) in [4.78, 5) is 12.7. The average Bonchev–Trinajstić information content (AvgIpc) is 2.25. The minimum Gasteiger partial charge on any atom is -0.481 e. The van der Waals surface area contributed by atoms with Gasteiger partial charge in [-0.3, -0.25) is 4.79 Å². The van der Waals surface area contributed by atoms with Crippen molar-refractivity contribution in [3.8, 4) is 0 Å². The van der Waals surface area contributed by atoms with Crippen LogP contribution in [0.25, 0.3) is 0 Å². The smallest absolute Gasteiger partial charge is 0.304 e. The summed E-state index contributed by atoms with van der Waals surface area (Å²) in [6.45, 7) is 6.35. The molecule has 1 N–H and O–H groups in total. The lowest BCUT2D eigenvalue weighted by atomic mass is 10.0. The maximum atomic E-state index is 10.5. The lowest BCUT2D eigenvalue weighted by molar-refractivity contribution is -0.137. The molecule has 0 radical (unpaired) electrons. The Morgan fingerprint density at radius 2 is 2.40 bits per heavy atom. The number of nitrogens with zero attached hydrogens (tertiary/aromatic N) is 1. The highest BCUT2D eigenvalue weighted by molar-refractivity contribution is 5.66. The molecule has 0 aliphatic carbocycles. The topological polar surface area (TPSA) is 49.8 Å². The first-order valence-electron chi connectivity index (χ1n) is 5.74. The molecule has 15 heavy (non-hydrogen) atoms. The molecule has 0 aromatic heterocycles. The zero-order chi connectivity index (χ0) is 11.1. The Morgan fingerprint density at radius 3 is 2.93 bits per heavy atom. The fraction of sp³-hybridized carbons (Fsp3) is 0.909. The number of aliphatic carboxylic acids is 1. The fourth-order valence-corrected chi connectivity index (χ4v) is 1.95. The highest BCUT2D eigenvalue weighted by atomic mass is 16.5. The Balaban J connectivity index is 2.22. The number of carbonyl (C=O) groups is 1. The Labute approximate surface area is 91.2 Å². The molecule has 1 atom stereocenters. The minimum absolute atomic E-state index is 0.238. The first-order chi connectivity index (χ1) is 7.22. The van der Waals surface area contributed by atoms with E-state index in [4.69, 9.17) is 9.84 Å². The molecule has 1 fully saturated rings. The molecule has 0 saturated carbocycles. The summed E-state index contributed by atoms with van der Waals surface area (Å²) in [5.74, 6) is -0.124. The predicted molar refractivity (Wildman–Crippen MR) is 57.9 cm³/mol. The van der Waals surface area contributed by atoms with E-state index in [1.807, 2.05) is 0 Å². The molecule has 4 heteroatoms. The quantitative estimate of drug-likeness (QED) is 0.723. The van der Waals surface area contributed by atoms with Crippen LogP contribution in [0.5, 0.6) is 0 Å². The van der Waals surface area contributed by atoms with Crippen LogP contribution >= 0.6 is 0 Å². The van der Waals surface area contributed by atoms with Gasteiger partial charge >= 0.3 is 5.97 Å². The van der Waals surface area contributed by atoms with Gasteiger partial charge in [-0.2, -0.15) is 0 Å². The van der Waals surface area contributed by atoms with Crippen LogP contribution in [0.3, 0.4) is 0 Å². The number of hydrogen-bond donors (Lipinski definition) is 1. The number of rotatable bonds is 6. The number of carboxylic acid groups (broad SMARTS) is 1. The molecular weight excluding hydrogens is 194 g/mol. The predicted octanol–water partition coefficient (Wildman–Crippen LogP) is 1.21. The van der Waals surface area contributed by atoms with Gasteiger partial charge in [0.2, 0.25) is 0 Å². The van der Waals surface area contributed by atoms with Crippen molar-refractivity contribution in [2.75, 3.05) is 32.8 Å². The van der Waals surface area contributed by atoms with E-state index in [1.165, 1.54) is 6.42 Å². The molecule has 0 spiro atoms. The number of ether oxygens (including phenoxy) is 1. The van der Waals surface area contributed by atoms with Gasteiger partial charge in [0.05, 0.1) is 13.0 Å². The summed E-state index contributed by atoms with van der Waals surface area (Å²) in [5.41, 5.74) is 0. The molecular formula is C11H21NO3. The molecule has 1 saturated heterocycles. The van der Waals surface area contributed by atoms with E-state index >= 15 is 0 Å². The van der Waals surface area contributed by atoms with E-state index in [0.29, 0.717) is 12.5 Å². The lowest BCUT2D eigenvalue weighted by Gasteiger charge is -2.28. The lowest BCUT2D eigenvalue weighted by Crippen LogP contribution is -2.34. The van der Waals surface area contributed by atoms with Gasteiger partial charge in [0, 0.05) is 19.7 Å². The van der Waals surface area contributed by atoms with Gasteiger partial charge < -0.3 is 14.7 Å². The molecule has 1 rings (SSSR count). The van der Waals surface area contributed by atoms with Gasteiger partial charge in [-0.05, 0) is 25.3 Å². The molecule has 4 nitrogen and oxygen atoms in total. The standard InChI is InChI=1S/C11H21NO3/c1-2-12(6-5-11(13)14)8-10-4-3-7-15-9-10/h10H,2-9H2,1H3,(H,13,14). The molecule has 1 unspecified atom stereocenters. The van der Waals surface area contributed by atoms with Crippen molar-refractivity contribution < 1.29 is 14.6 Å². The molecule has 0 bridgehead atoms. The first kappa shape index (κ1) is 12.5. The van der Waals surface area contributed by atoms with Crippen LogP contribution in [0.2, 0.25) is 0 Å². The molecule has 0 amide bonds. The fourth-order valence-electron chi connectivity index (χ4n) is 1.95. The van der Waals surface area contributed by atoms with E-state index in [0.717, 1.165) is 32.7 Å². The van der Waals surface area contributed by atoms with Crippen LogP contribution in [0.15, 0.2) is 0 Å². The van der Waals surface area contributed by atoms with Crippen molar-refractivity contribution in [3.63, 3.8) is 0 Å². The van der Waals surface area contributed by atoms with Crippen LogP contribution < -0.4 is 0 Å². The van der Waals surface area contributed by atoms with Crippen molar-refractivity contribution in [2.45, 2.75) is 26.2 Å². The third-order valence-electron chi connectivity index (χ3n) is 2.86. The molecule has 1 aliphatic heterocycles. The largest absolute Gasteiger partial charge is 0.481 e. The second-order valence-corrected chi connectivity index (χ2v) is 4.12. The number of hydrogen-bond acceptors (Lipinski definition) is 3. The van der Waals surface area contributed by atoms with Crippen molar-refractivity contribution in [1.29, 1.82) is 0 Å². The van der Waals surface area contributed by atoms with Crippen LogP contribution in [-0.2, 0) is 9.53 Å². The monoisotopic (exact) mass is 215 g/mol. The molecule has 1 aliphatic rings. The Kier molecular flexibility index (Phi) is 5.65. The summed E-state index contributed by atoms with van der Waals surface area (Å²) in [7, 11) is 0. The molecule has 0 aromatic rings. The number of carboxylic acids is 1. The van der Waals surface area contributed by atoms with Crippen LogP contribution in [-0.4, -0.2) is 48.8 Å². The summed E-state index contributed by atoms with van der Waals surface area (Å²) in [6, 6.07) is 0. The van der Waals surface area contributed by atoms with Gasteiger partial charge in [-0.25, -0.2) is 0 Å². The normalized spacial score (nSPS) is 21.9. The van der Waals surface area contributed by atoms with E-state index in [9.17, 15) is 4.79 Å². The Bertz CT molecular complexity index is 190. The summed E-state index contributed by atoms with van der Waals surface area (Å²) in [5, 5.41) is 8.61. The van der Waals surface area contributed by atoms with Gasteiger partial charge in [0.1, 0.15) is 0 Å². The maximum Gasteiger partial charge on any atom is 0.304 e. The van der Waals surface area contributed by atoms with Crippen molar-refractivity contribution in [3.05, 3.63) is 0 Å². The SMILES string of the molecule is CCN(CCC(=O)O)CC1CCCOC1. The highest BCUT2D eigenvalue weighted by Gasteiger charge is 2.17. The van der Waals surface area contributed by atoms with Gasteiger partial charge in [-0.1, -0.05) is 6.92 Å². The molecule has 0 aromatic carbocycles. The van der Waals surface area contributed by atoms with Gasteiger partial charge in [-0.15, -0.1) is 0 Å². The highest BCUT2D eigenvalue weighted by Crippen LogP contribution is 2.14. The third kappa shape index (κ3) is 5.14. The minimum atomic E-state index is -0.714. The average molecular weight is 215 g/mol. The van der Waals surface area contributed by atoms with Crippen molar-refractivity contribution in [2.24, 2.45) is 5.92 Å². The van der Waals surface area contributed by atoms with E-state index in [2.05, 4.69) is 11.8 Å². The zero-order valence-electron chi connectivity index (χ0n) is 9.45. The van der Waals surface area contributed by atoms with E-state index in [-0.39, 0.29) is 6.42 Å². The molecule has 88 valence electrons. The zero-order valence-corrected chi connectivity index (χ0v) is 9.45. The Morgan fingerprint density at radius 1 is 1.60 bits per heavy atom. The summed E-state index contributed by atoms with van der Waals surface area (Å²) < 4.78 is 5.41. The second kappa shape index (κ2) is 6.80. The van der Waals surface area contributed by atoms with Crippen molar-refractivity contribution >= 4 is 5.97 Å². The van der Waals surface area contributed by atoms with Crippen LogP contribution in [0, 0.1) is 5.92 Å². The van der Waals surface area contributed by atoms with Crippen LogP contribution in [0.4, 0.5) is 0 Å². The second-order valence-electron chi connectivity index (χ2n) is 4.12. The van der Waals surface area contributed by atoms with Gasteiger partial charge in [0.15, 0.2) is 0 Å². The van der Waals surface area contributed by atoms with E-state index in [1.54, 1.807) is 0 Å².